The second-order valence-electron chi connectivity index (χ2n) is 9.61. The van der Waals surface area contributed by atoms with Gasteiger partial charge in [0.15, 0.2) is 0 Å². The Labute approximate surface area is 198 Å². The van der Waals surface area contributed by atoms with Crippen molar-refractivity contribution in [1.29, 1.82) is 0 Å². The molecule has 0 unspecified atom stereocenters. The number of carbonyl (C=O) groups is 2. The molecule has 0 saturated heterocycles. The molecular formula is C28H40O5. The van der Waals surface area contributed by atoms with Gasteiger partial charge in [-0.05, 0) is 80.5 Å². The van der Waals surface area contributed by atoms with Crippen LogP contribution in [0.15, 0.2) is 36.9 Å². The van der Waals surface area contributed by atoms with Crippen molar-refractivity contribution in [3.05, 3.63) is 42.5 Å². The molecule has 0 aromatic heterocycles. The lowest BCUT2D eigenvalue weighted by molar-refractivity contribution is -0.137. The van der Waals surface area contributed by atoms with Gasteiger partial charge in [-0.15, -0.1) is 0 Å². The van der Waals surface area contributed by atoms with Gasteiger partial charge in [0.05, 0.1) is 18.8 Å². The summed E-state index contributed by atoms with van der Waals surface area (Å²) in [5.74, 6) is 2.66. The summed E-state index contributed by atoms with van der Waals surface area (Å²) in [6, 6.07) is 7.04. The van der Waals surface area contributed by atoms with Gasteiger partial charge in [0, 0.05) is 12.5 Å². The summed E-state index contributed by atoms with van der Waals surface area (Å²) >= 11 is 0. The molecule has 2 aliphatic carbocycles. The highest BCUT2D eigenvalue weighted by atomic mass is 16.5. The molecule has 0 amide bonds. The van der Waals surface area contributed by atoms with Crippen LogP contribution < -0.4 is 4.74 Å². The highest BCUT2D eigenvalue weighted by Crippen LogP contribution is 2.41. The minimum Gasteiger partial charge on any atom is -0.493 e. The molecule has 33 heavy (non-hydrogen) atoms. The molecule has 0 aliphatic heterocycles. The maximum absolute atomic E-state index is 12.6. The van der Waals surface area contributed by atoms with Crippen LogP contribution in [0.5, 0.6) is 5.75 Å². The van der Waals surface area contributed by atoms with Gasteiger partial charge in [0.2, 0.25) is 0 Å². The van der Waals surface area contributed by atoms with Crippen molar-refractivity contribution in [3.63, 3.8) is 0 Å². The Hall–Kier alpha value is -2.30. The molecule has 0 heterocycles. The molecule has 0 radical (unpaired) electrons. The van der Waals surface area contributed by atoms with Crippen molar-refractivity contribution in [2.75, 3.05) is 13.2 Å². The monoisotopic (exact) mass is 456 g/mol. The molecule has 0 N–H and O–H groups in total. The fourth-order valence-electron chi connectivity index (χ4n) is 5.42. The number of hydrogen-bond acceptors (Lipinski definition) is 5. The third-order valence-corrected chi connectivity index (χ3v) is 7.31. The standard InChI is InChI=1S/C28H40O5/c1-3-6-21-7-9-22(10-8-21)23-11-17-26(18-12-23)33-28(30)24-13-15-25(16-14-24)31-19-5-20-32-27(29)4-2/h4,13-16,21-23,26H,2-3,5-12,17-20H2,1H3/t21-,22-,23?,26?. The molecule has 0 bridgehead atoms. The Balaban J connectivity index is 1.33. The van der Waals surface area contributed by atoms with Crippen LogP contribution in [0.25, 0.3) is 0 Å². The van der Waals surface area contributed by atoms with Gasteiger partial charge in [-0.1, -0.05) is 39.2 Å². The number of hydrogen-bond donors (Lipinski definition) is 0. The van der Waals surface area contributed by atoms with E-state index in [9.17, 15) is 9.59 Å². The van der Waals surface area contributed by atoms with Gasteiger partial charge in [0.1, 0.15) is 11.9 Å². The van der Waals surface area contributed by atoms with E-state index in [0.717, 1.165) is 36.7 Å². The lowest BCUT2D eigenvalue weighted by atomic mass is 9.70. The smallest absolute Gasteiger partial charge is 0.338 e. The van der Waals surface area contributed by atoms with E-state index < -0.39 is 5.97 Å². The van der Waals surface area contributed by atoms with E-state index in [-0.39, 0.29) is 18.7 Å². The van der Waals surface area contributed by atoms with Crippen molar-refractivity contribution in [3.8, 4) is 5.75 Å². The maximum Gasteiger partial charge on any atom is 0.338 e. The molecule has 0 atom stereocenters. The average molecular weight is 457 g/mol. The second-order valence-corrected chi connectivity index (χ2v) is 9.61. The predicted molar refractivity (Wildman–Crippen MR) is 129 cm³/mol. The van der Waals surface area contributed by atoms with Crippen LogP contribution >= 0.6 is 0 Å². The molecule has 1 aromatic carbocycles. The maximum atomic E-state index is 12.6. The number of rotatable bonds is 11. The van der Waals surface area contributed by atoms with Crippen LogP contribution in [-0.4, -0.2) is 31.3 Å². The molecule has 2 saturated carbocycles. The number of ether oxygens (including phenoxy) is 3. The van der Waals surface area contributed by atoms with Crippen LogP contribution in [0.2, 0.25) is 0 Å². The molecule has 1 aromatic rings. The van der Waals surface area contributed by atoms with Gasteiger partial charge < -0.3 is 14.2 Å². The van der Waals surface area contributed by atoms with Crippen molar-refractivity contribution in [1.82, 2.24) is 0 Å². The summed E-state index contributed by atoms with van der Waals surface area (Å²) in [4.78, 5) is 23.6. The van der Waals surface area contributed by atoms with Crippen molar-refractivity contribution >= 4 is 11.9 Å². The predicted octanol–water partition coefficient (Wildman–Crippen LogP) is 6.51. The first kappa shape index (κ1) is 25.3. The van der Waals surface area contributed by atoms with Gasteiger partial charge >= 0.3 is 11.9 Å². The molecular weight excluding hydrogens is 416 g/mol. The van der Waals surface area contributed by atoms with Crippen LogP contribution in [0.3, 0.4) is 0 Å². The summed E-state index contributed by atoms with van der Waals surface area (Å²) in [5.41, 5.74) is 0.554. The minimum atomic E-state index is -0.430. The summed E-state index contributed by atoms with van der Waals surface area (Å²) in [6.45, 7) is 6.37. The van der Waals surface area contributed by atoms with Crippen LogP contribution in [0.1, 0.15) is 87.9 Å². The van der Waals surface area contributed by atoms with Gasteiger partial charge in [-0.25, -0.2) is 9.59 Å². The second kappa shape index (κ2) is 13.4. The first-order valence-corrected chi connectivity index (χ1v) is 12.8. The van der Waals surface area contributed by atoms with E-state index in [1.54, 1.807) is 24.3 Å². The van der Waals surface area contributed by atoms with E-state index in [2.05, 4.69) is 13.5 Å². The first-order chi connectivity index (χ1) is 16.1. The molecule has 3 rings (SSSR count). The largest absolute Gasteiger partial charge is 0.493 e. The highest BCUT2D eigenvalue weighted by molar-refractivity contribution is 5.89. The molecule has 2 fully saturated rings. The normalized spacial score (nSPS) is 25.1. The first-order valence-electron chi connectivity index (χ1n) is 12.8. The lowest BCUT2D eigenvalue weighted by Crippen LogP contribution is -2.29. The van der Waals surface area contributed by atoms with Crippen LogP contribution in [0, 0.1) is 17.8 Å². The fourth-order valence-corrected chi connectivity index (χ4v) is 5.42. The van der Waals surface area contributed by atoms with Gasteiger partial charge in [-0.3, -0.25) is 0 Å². The zero-order valence-corrected chi connectivity index (χ0v) is 20.1. The topological polar surface area (TPSA) is 61.8 Å². The van der Waals surface area contributed by atoms with Crippen molar-refractivity contribution < 1.29 is 23.8 Å². The van der Waals surface area contributed by atoms with E-state index in [0.29, 0.717) is 24.3 Å². The Morgan fingerprint density at radius 1 is 0.939 bits per heavy atom. The summed E-state index contributed by atoms with van der Waals surface area (Å²) in [5, 5.41) is 0. The lowest BCUT2D eigenvalue weighted by Gasteiger charge is -2.37. The van der Waals surface area contributed by atoms with Gasteiger partial charge in [-0.2, -0.15) is 0 Å². The Bertz CT molecular complexity index is 740. The molecule has 0 spiro atoms. The average Bonchev–Trinajstić information content (AvgIpc) is 2.85. The summed E-state index contributed by atoms with van der Waals surface area (Å²) in [6.07, 6.45) is 14.5. The highest BCUT2D eigenvalue weighted by Gasteiger charge is 2.31. The number of benzene rings is 1. The fraction of sp³-hybridized carbons (Fsp3) is 0.643. The Morgan fingerprint density at radius 2 is 1.58 bits per heavy atom. The van der Waals surface area contributed by atoms with Crippen LogP contribution in [0.4, 0.5) is 0 Å². The van der Waals surface area contributed by atoms with E-state index in [4.69, 9.17) is 14.2 Å². The third-order valence-electron chi connectivity index (χ3n) is 7.31. The minimum absolute atomic E-state index is 0.0411. The molecule has 5 heteroatoms. The van der Waals surface area contributed by atoms with Gasteiger partial charge in [0.25, 0.3) is 0 Å². The zero-order chi connectivity index (χ0) is 23.5. The Kier molecular flexibility index (Phi) is 10.3. The molecule has 2 aliphatic rings. The van der Waals surface area contributed by atoms with Crippen LogP contribution in [-0.2, 0) is 14.3 Å². The van der Waals surface area contributed by atoms with Crippen molar-refractivity contribution in [2.24, 2.45) is 17.8 Å². The summed E-state index contributed by atoms with van der Waals surface area (Å²) < 4.78 is 16.3. The third kappa shape index (κ3) is 8.21. The van der Waals surface area contributed by atoms with E-state index in [1.165, 1.54) is 51.4 Å². The Morgan fingerprint density at radius 3 is 2.18 bits per heavy atom. The zero-order valence-electron chi connectivity index (χ0n) is 20.1. The quantitative estimate of drug-likeness (QED) is 0.216. The number of esters is 2. The van der Waals surface area contributed by atoms with Crippen molar-refractivity contribution in [2.45, 2.75) is 83.7 Å². The summed E-state index contributed by atoms with van der Waals surface area (Å²) in [7, 11) is 0. The van der Waals surface area contributed by atoms with E-state index in [1.807, 2.05) is 0 Å². The molecule has 5 nitrogen and oxygen atoms in total. The SMILES string of the molecule is C=CC(=O)OCCCOc1ccc(C(=O)OC2CCC([C@H]3CC[C@H](CCC)CC3)CC2)cc1. The number of carbonyl (C=O) groups excluding carboxylic acids is 2. The molecule has 182 valence electrons. The van der Waals surface area contributed by atoms with E-state index >= 15 is 0 Å².